The molecule has 1 aromatic carbocycles. The number of benzene rings is 1. The summed E-state index contributed by atoms with van der Waals surface area (Å²) in [5.41, 5.74) is 7.15. The Morgan fingerprint density at radius 3 is 2.26 bits per heavy atom. The van der Waals surface area contributed by atoms with Crippen LogP contribution in [-0.2, 0) is 4.74 Å². The summed E-state index contributed by atoms with van der Waals surface area (Å²) in [6.45, 7) is 11.0. The number of nitrogens with zero attached hydrogens (tertiary/aromatic N) is 2. The molecule has 7 heteroatoms. The van der Waals surface area contributed by atoms with Gasteiger partial charge in [0.15, 0.2) is 11.5 Å². The van der Waals surface area contributed by atoms with Crippen molar-refractivity contribution < 1.29 is 14.3 Å². The maximum Gasteiger partial charge on any atom is 0.163 e. The van der Waals surface area contributed by atoms with E-state index in [1.54, 1.807) is 13.0 Å². The number of ether oxygens (including phenoxy) is 2. The monoisotopic (exact) mass is 484 g/mol. The topological polar surface area (TPSA) is 89.7 Å². The Labute approximate surface area is 211 Å². The average Bonchev–Trinajstić information content (AvgIpc) is 2.92. The first-order valence-electron chi connectivity index (χ1n) is 12.9. The van der Waals surface area contributed by atoms with Crippen LogP contribution in [0.25, 0.3) is 0 Å². The summed E-state index contributed by atoms with van der Waals surface area (Å²) < 4.78 is 10.7. The van der Waals surface area contributed by atoms with Crippen molar-refractivity contribution in [3.05, 3.63) is 47.7 Å². The number of carbonyl (C=O) groups excluding carboxylic acids is 1. The predicted octanol–water partition coefficient (Wildman–Crippen LogP) is 4.89. The molecule has 3 heterocycles. The van der Waals surface area contributed by atoms with Crippen LogP contribution in [0.5, 0.6) is 5.75 Å². The Morgan fingerprint density at radius 1 is 1.06 bits per heavy atom. The van der Waals surface area contributed by atoms with Gasteiger partial charge < -0.3 is 25.4 Å². The van der Waals surface area contributed by atoms with Gasteiger partial charge in [-0.25, -0.2) is 4.98 Å². The molecule has 1 saturated carbocycles. The van der Waals surface area contributed by atoms with Crippen LogP contribution in [0.4, 0.5) is 11.5 Å². The van der Waals surface area contributed by atoms with E-state index in [9.17, 15) is 4.79 Å². The van der Waals surface area contributed by atoms with E-state index in [2.05, 4.69) is 27.9 Å². The van der Waals surface area contributed by atoms with Crippen LogP contribution in [-0.4, -0.2) is 57.3 Å². The van der Waals surface area contributed by atoms with E-state index in [0.29, 0.717) is 17.9 Å². The first-order chi connectivity index (χ1) is 17.1. The molecule has 5 rings (SSSR count). The van der Waals surface area contributed by atoms with Gasteiger partial charge >= 0.3 is 0 Å². The number of morpholine rings is 1. The molecule has 0 spiro atoms. The number of fused-ring (bicyclic) bond motifs is 1. The number of nitrogens with two attached hydrogens (primary N) is 1. The fourth-order valence-electron chi connectivity index (χ4n) is 4.21. The van der Waals surface area contributed by atoms with Crippen LogP contribution in [0, 0.1) is 12.8 Å². The van der Waals surface area contributed by atoms with Crippen molar-refractivity contribution in [1.82, 2.24) is 10.3 Å². The SMILES string of the molecule is C1COCCN1.CC(=O)c1cccc2c1OCCN2c1ccc(C)cn1.CC1CCCCC1.CN. The van der Waals surface area contributed by atoms with E-state index in [4.69, 9.17) is 9.47 Å². The average molecular weight is 485 g/mol. The predicted molar refractivity (Wildman–Crippen MR) is 144 cm³/mol. The maximum atomic E-state index is 11.7. The highest BCUT2D eigenvalue weighted by Gasteiger charge is 2.24. The lowest BCUT2D eigenvalue weighted by atomic mass is 9.91. The lowest BCUT2D eigenvalue weighted by molar-refractivity contribution is 0.101. The van der Waals surface area contributed by atoms with Crippen LogP contribution < -0.4 is 20.7 Å². The Kier molecular flexibility index (Phi) is 13.3. The lowest BCUT2D eigenvalue weighted by Crippen LogP contribution is -2.30. The van der Waals surface area contributed by atoms with Gasteiger partial charge in [0.2, 0.25) is 0 Å². The quantitative estimate of drug-likeness (QED) is 0.587. The van der Waals surface area contributed by atoms with Crippen molar-refractivity contribution in [2.45, 2.75) is 52.9 Å². The second-order valence-corrected chi connectivity index (χ2v) is 9.01. The van der Waals surface area contributed by atoms with Crippen molar-refractivity contribution in [1.29, 1.82) is 0 Å². The lowest BCUT2D eigenvalue weighted by Gasteiger charge is -2.31. The zero-order valence-electron chi connectivity index (χ0n) is 22.0. The van der Waals surface area contributed by atoms with Gasteiger partial charge in [-0.1, -0.05) is 51.2 Å². The normalized spacial score (nSPS) is 17.1. The number of hydrogen-bond acceptors (Lipinski definition) is 7. The van der Waals surface area contributed by atoms with Gasteiger partial charge in [-0.3, -0.25) is 4.79 Å². The zero-order valence-corrected chi connectivity index (χ0v) is 22.0. The molecule has 3 aliphatic rings. The second kappa shape index (κ2) is 16.2. The molecule has 7 nitrogen and oxygen atoms in total. The standard InChI is InChI=1S/C16H16N2O2.C7H14.C4H9NO.CH5N/c1-11-6-7-15(17-10-11)18-8-9-20-16-13(12(2)19)4-3-5-14(16)18;1-7-5-3-2-4-6-7;1-3-6-4-2-5-1;1-2/h3-7,10H,8-9H2,1-2H3;7H,2-6H2,1H3;5H,1-4H2;2H2,1H3. The van der Waals surface area contributed by atoms with Gasteiger partial charge in [-0.2, -0.15) is 0 Å². The van der Waals surface area contributed by atoms with Crippen LogP contribution in [0.1, 0.15) is 61.9 Å². The summed E-state index contributed by atoms with van der Waals surface area (Å²) in [7, 11) is 1.50. The van der Waals surface area contributed by atoms with Crippen LogP contribution in [0.2, 0.25) is 0 Å². The molecule has 0 radical (unpaired) electrons. The fraction of sp³-hybridized carbons (Fsp3) is 0.571. The summed E-state index contributed by atoms with van der Waals surface area (Å²) in [6, 6.07) is 9.66. The van der Waals surface area contributed by atoms with E-state index in [-0.39, 0.29) is 5.78 Å². The first kappa shape index (κ1) is 28.8. The molecule has 2 aromatic rings. The Morgan fingerprint density at radius 2 is 1.77 bits per heavy atom. The van der Waals surface area contributed by atoms with Crippen LogP contribution >= 0.6 is 0 Å². The minimum atomic E-state index is 0.0144. The number of hydrogen-bond donors (Lipinski definition) is 2. The molecule has 1 aromatic heterocycles. The Bertz CT molecular complexity index is 851. The number of ketones is 1. The maximum absolute atomic E-state index is 11.7. The Hall–Kier alpha value is -2.48. The molecule has 0 atom stereocenters. The summed E-state index contributed by atoms with van der Waals surface area (Å²) in [6.07, 6.45) is 9.28. The molecule has 3 N–H and O–H groups in total. The number of rotatable bonds is 2. The summed E-state index contributed by atoms with van der Waals surface area (Å²) in [5, 5.41) is 3.16. The summed E-state index contributed by atoms with van der Waals surface area (Å²) in [5.74, 6) is 2.59. The van der Waals surface area contributed by atoms with Crippen LogP contribution in [0.15, 0.2) is 36.5 Å². The minimum Gasteiger partial charge on any atom is -0.489 e. The summed E-state index contributed by atoms with van der Waals surface area (Å²) in [4.78, 5) is 18.2. The molecule has 0 unspecified atom stereocenters. The third kappa shape index (κ3) is 9.59. The zero-order chi connectivity index (χ0) is 25.5. The van der Waals surface area contributed by atoms with E-state index in [0.717, 1.165) is 55.8 Å². The molecule has 1 aliphatic carbocycles. The fourth-order valence-corrected chi connectivity index (χ4v) is 4.21. The summed E-state index contributed by atoms with van der Waals surface area (Å²) >= 11 is 0. The van der Waals surface area contributed by atoms with Crippen LogP contribution in [0.3, 0.4) is 0 Å². The van der Waals surface area contributed by atoms with Gasteiger partial charge in [0.1, 0.15) is 12.4 Å². The highest BCUT2D eigenvalue weighted by Crippen LogP contribution is 2.38. The molecule has 35 heavy (non-hydrogen) atoms. The van der Waals surface area contributed by atoms with Gasteiger partial charge in [0.25, 0.3) is 0 Å². The molecular formula is C28H44N4O3. The number of aromatic nitrogens is 1. The third-order valence-electron chi connectivity index (χ3n) is 6.14. The number of carbonyl (C=O) groups is 1. The number of anilines is 2. The minimum absolute atomic E-state index is 0.0144. The van der Waals surface area contributed by atoms with E-state index in [1.165, 1.54) is 39.2 Å². The van der Waals surface area contributed by atoms with Gasteiger partial charge in [-0.15, -0.1) is 0 Å². The number of aryl methyl sites for hydroxylation is 1. The van der Waals surface area contributed by atoms with Gasteiger partial charge in [0.05, 0.1) is 31.0 Å². The number of pyridine rings is 1. The molecule has 0 bridgehead atoms. The molecule has 0 amide bonds. The first-order valence-corrected chi connectivity index (χ1v) is 12.9. The van der Waals surface area contributed by atoms with Crippen molar-refractivity contribution in [3.63, 3.8) is 0 Å². The molecule has 2 aliphatic heterocycles. The molecule has 1 saturated heterocycles. The number of para-hydroxylation sites is 1. The van der Waals surface area contributed by atoms with E-state index in [1.807, 2.05) is 37.4 Å². The Balaban J connectivity index is 0.000000234. The highest BCUT2D eigenvalue weighted by atomic mass is 16.5. The van der Waals surface area contributed by atoms with Crippen molar-refractivity contribution in [2.24, 2.45) is 11.7 Å². The molecule has 2 fully saturated rings. The van der Waals surface area contributed by atoms with Crippen molar-refractivity contribution in [2.75, 3.05) is 51.4 Å². The largest absolute Gasteiger partial charge is 0.489 e. The number of Topliss-reactive ketones (excluding diaryl/α,β-unsaturated/α-hetero) is 1. The van der Waals surface area contributed by atoms with E-state index >= 15 is 0 Å². The third-order valence-corrected chi connectivity index (χ3v) is 6.14. The smallest absolute Gasteiger partial charge is 0.163 e. The number of nitrogens with one attached hydrogen (secondary N) is 1. The molecule has 194 valence electrons. The second-order valence-electron chi connectivity index (χ2n) is 9.01. The van der Waals surface area contributed by atoms with Crippen molar-refractivity contribution in [3.8, 4) is 5.75 Å². The highest BCUT2D eigenvalue weighted by molar-refractivity contribution is 5.99. The van der Waals surface area contributed by atoms with Crippen molar-refractivity contribution >= 4 is 17.3 Å². The molecular weight excluding hydrogens is 440 g/mol. The van der Waals surface area contributed by atoms with Gasteiger partial charge in [0, 0.05) is 19.3 Å². The van der Waals surface area contributed by atoms with E-state index < -0.39 is 0 Å². The van der Waals surface area contributed by atoms with Gasteiger partial charge in [-0.05, 0) is 50.6 Å².